The summed E-state index contributed by atoms with van der Waals surface area (Å²) >= 11 is 1.47. The summed E-state index contributed by atoms with van der Waals surface area (Å²) in [5.74, 6) is 0. The molecule has 0 radical (unpaired) electrons. The Labute approximate surface area is 150 Å². The van der Waals surface area contributed by atoms with Crippen LogP contribution in [0.2, 0.25) is 0 Å². The molecule has 2 aromatic heterocycles. The van der Waals surface area contributed by atoms with Gasteiger partial charge >= 0.3 is 5.69 Å². The quantitative estimate of drug-likeness (QED) is 0.433. The first-order valence-corrected chi connectivity index (χ1v) is 8.94. The molecule has 0 saturated carbocycles. The molecule has 0 bridgehead atoms. The lowest BCUT2D eigenvalue weighted by molar-refractivity contribution is -0.384. The van der Waals surface area contributed by atoms with E-state index < -0.39 is 16.2 Å². The topological polar surface area (TPSA) is 110 Å². The molecule has 1 aliphatic rings. The summed E-state index contributed by atoms with van der Waals surface area (Å²) in [7, 11) is 0. The van der Waals surface area contributed by atoms with Crippen LogP contribution in [0.5, 0.6) is 0 Å². The van der Waals surface area contributed by atoms with Gasteiger partial charge in [0.15, 0.2) is 0 Å². The Morgan fingerprint density at radius 3 is 2.65 bits per heavy atom. The summed E-state index contributed by atoms with van der Waals surface area (Å²) in [6, 6.07) is 5.69. The molecule has 26 heavy (non-hydrogen) atoms. The van der Waals surface area contributed by atoms with Crippen molar-refractivity contribution in [3.63, 3.8) is 0 Å². The largest absolute Gasteiger partial charge is 0.350 e. The number of thiophene rings is 1. The van der Waals surface area contributed by atoms with Crippen LogP contribution in [-0.4, -0.2) is 20.8 Å². The molecule has 0 unspecified atom stereocenters. The van der Waals surface area contributed by atoms with Crippen molar-refractivity contribution in [2.75, 3.05) is 0 Å². The van der Waals surface area contributed by atoms with Crippen molar-refractivity contribution in [2.24, 2.45) is 5.10 Å². The number of H-pyrrole nitrogens is 1. The number of nitrogens with one attached hydrogen (secondary N) is 1. The lowest BCUT2D eigenvalue weighted by atomic mass is 9.97. The predicted octanol–water partition coefficient (Wildman–Crippen LogP) is 2.42. The van der Waals surface area contributed by atoms with Crippen LogP contribution >= 0.6 is 11.3 Å². The number of nitrogens with zero attached hydrogens (tertiary/aromatic N) is 3. The van der Waals surface area contributed by atoms with Gasteiger partial charge in [0.25, 0.3) is 11.2 Å². The highest BCUT2D eigenvalue weighted by molar-refractivity contribution is 7.18. The number of hydrogen-bond donors (Lipinski definition) is 1. The van der Waals surface area contributed by atoms with Crippen molar-refractivity contribution in [1.82, 2.24) is 9.66 Å². The first kappa shape index (κ1) is 16.4. The highest BCUT2D eigenvalue weighted by Crippen LogP contribution is 2.32. The zero-order chi connectivity index (χ0) is 18.3. The fourth-order valence-electron chi connectivity index (χ4n) is 3.14. The Morgan fingerprint density at radius 2 is 1.92 bits per heavy atom. The van der Waals surface area contributed by atoms with Crippen LogP contribution in [0.15, 0.2) is 39.0 Å². The molecule has 0 spiro atoms. The molecular formula is C17H14N4O4S. The lowest BCUT2D eigenvalue weighted by Crippen LogP contribution is -2.32. The van der Waals surface area contributed by atoms with E-state index in [-0.39, 0.29) is 5.69 Å². The van der Waals surface area contributed by atoms with Gasteiger partial charge in [0.05, 0.1) is 16.5 Å². The van der Waals surface area contributed by atoms with Crippen LogP contribution in [-0.2, 0) is 12.8 Å². The summed E-state index contributed by atoms with van der Waals surface area (Å²) in [6.07, 6.45) is 5.23. The van der Waals surface area contributed by atoms with Gasteiger partial charge in [-0.3, -0.25) is 19.9 Å². The minimum absolute atomic E-state index is 0.0384. The van der Waals surface area contributed by atoms with Crippen LogP contribution in [0, 0.1) is 10.1 Å². The molecule has 2 heterocycles. The molecule has 0 saturated heterocycles. The third-order valence-corrected chi connectivity index (χ3v) is 5.62. The number of aromatic amines is 1. The van der Waals surface area contributed by atoms with Crippen molar-refractivity contribution in [2.45, 2.75) is 25.7 Å². The molecule has 0 amide bonds. The first-order chi connectivity index (χ1) is 12.5. The van der Waals surface area contributed by atoms with Gasteiger partial charge in [0.1, 0.15) is 4.83 Å². The average Bonchev–Trinajstić information content (AvgIpc) is 3.00. The van der Waals surface area contributed by atoms with Crippen LogP contribution in [0.1, 0.15) is 28.8 Å². The summed E-state index contributed by atoms with van der Waals surface area (Å²) in [4.78, 5) is 39.7. The standard InChI is InChI=1S/C17H14N4O4S/c22-16-14-12-3-1-2-4-13(12)26-15(14)19-17(23)20(16)18-9-10-5-7-11(8-6-10)21(24)25/h5-9H,1-4H2,(H,19,23)/b18-9-. The van der Waals surface area contributed by atoms with Gasteiger partial charge < -0.3 is 0 Å². The van der Waals surface area contributed by atoms with Crippen molar-refractivity contribution < 1.29 is 4.92 Å². The van der Waals surface area contributed by atoms with E-state index in [4.69, 9.17) is 0 Å². The monoisotopic (exact) mass is 370 g/mol. The Hall–Kier alpha value is -3.07. The van der Waals surface area contributed by atoms with E-state index in [1.54, 1.807) is 0 Å². The minimum atomic E-state index is -0.598. The van der Waals surface area contributed by atoms with Crippen LogP contribution < -0.4 is 11.2 Å². The normalized spacial score (nSPS) is 14.0. The lowest BCUT2D eigenvalue weighted by Gasteiger charge is -2.09. The number of fused-ring (bicyclic) bond motifs is 3. The number of aromatic nitrogens is 2. The Balaban J connectivity index is 1.77. The average molecular weight is 370 g/mol. The van der Waals surface area contributed by atoms with Gasteiger partial charge in [-0.15, -0.1) is 16.0 Å². The maximum Gasteiger partial charge on any atom is 0.350 e. The van der Waals surface area contributed by atoms with Crippen LogP contribution in [0.3, 0.4) is 0 Å². The van der Waals surface area contributed by atoms with Crippen molar-refractivity contribution in [3.05, 3.63) is 71.2 Å². The first-order valence-electron chi connectivity index (χ1n) is 8.13. The second kappa shape index (κ2) is 6.34. The van der Waals surface area contributed by atoms with E-state index in [1.807, 2.05) is 0 Å². The Kier molecular flexibility index (Phi) is 4.00. The maximum absolute atomic E-state index is 12.8. The summed E-state index contributed by atoms with van der Waals surface area (Å²) in [5, 5.41) is 15.2. The molecule has 3 aromatic rings. The summed E-state index contributed by atoms with van der Waals surface area (Å²) < 4.78 is 0.811. The van der Waals surface area contributed by atoms with Gasteiger partial charge in [0.2, 0.25) is 0 Å². The van der Waals surface area contributed by atoms with E-state index in [2.05, 4.69) is 10.1 Å². The summed E-state index contributed by atoms with van der Waals surface area (Å²) in [5.41, 5.74) is 0.509. The minimum Gasteiger partial charge on any atom is -0.297 e. The summed E-state index contributed by atoms with van der Waals surface area (Å²) in [6.45, 7) is 0. The third kappa shape index (κ3) is 2.76. The number of hydrogen-bond acceptors (Lipinski definition) is 6. The second-order valence-electron chi connectivity index (χ2n) is 6.06. The van der Waals surface area contributed by atoms with Gasteiger partial charge in [-0.2, -0.15) is 5.10 Å². The van der Waals surface area contributed by atoms with E-state index in [0.717, 1.165) is 40.8 Å². The molecule has 4 rings (SSSR count). The Morgan fingerprint density at radius 1 is 1.19 bits per heavy atom. The van der Waals surface area contributed by atoms with Crippen molar-refractivity contribution in [3.8, 4) is 0 Å². The fraction of sp³-hybridized carbons (Fsp3) is 0.235. The zero-order valence-corrected chi connectivity index (χ0v) is 14.4. The van der Waals surface area contributed by atoms with Gasteiger partial charge in [-0.25, -0.2) is 4.79 Å². The smallest absolute Gasteiger partial charge is 0.297 e. The van der Waals surface area contributed by atoms with Crippen molar-refractivity contribution >= 4 is 33.5 Å². The predicted molar refractivity (Wildman–Crippen MR) is 99.4 cm³/mol. The molecule has 0 aliphatic heterocycles. The molecule has 1 aliphatic carbocycles. The number of rotatable bonds is 3. The second-order valence-corrected chi connectivity index (χ2v) is 7.16. The SMILES string of the molecule is O=c1[nH]c2sc3c(c2c(=O)n1/N=C\c1ccc([N+](=O)[O-])cc1)CCCC3. The van der Waals surface area contributed by atoms with E-state index in [0.29, 0.717) is 15.8 Å². The molecular weight excluding hydrogens is 356 g/mol. The number of aryl methyl sites for hydroxylation is 2. The molecule has 1 N–H and O–H groups in total. The molecule has 0 atom stereocenters. The molecule has 9 heteroatoms. The highest BCUT2D eigenvalue weighted by atomic mass is 32.1. The number of benzene rings is 1. The van der Waals surface area contributed by atoms with E-state index >= 15 is 0 Å². The van der Waals surface area contributed by atoms with E-state index in [1.165, 1.54) is 41.8 Å². The fourth-order valence-corrected chi connectivity index (χ4v) is 4.41. The maximum atomic E-state index is 12.8. The number of non-ortho nitro benzene ring substituents is 1. The highest BCUT2D eigenvalue weighted by Gasteiger charge is 2.20. The Bertz CT molecular complexity index is 1150. The van der Waals surface area contributed by atoms with Crippen molar-refractivity contribution in [1.29, 1.82) is 0 Å². The van der Waals surface area contributed by atoms with Gasteiger partial charge in [-0.05, 0) is 48.9 Å². The third-order valence-electron chi connectivity index (χ3n) is 4.42. The molecule has 0 fully saturated rings. The molecule has 132 valence electrons. The number of nitro groups is 1. The number of nitro benzene ring substituents is 1. The van der Waals surface area contributed by atoms with E-state index in [9.17, 15) is 19.7 Å². The van der Waals surface area contributed by atoms with Crippen LogP contribution in [0.4, 0.5) is 5.69 Å². The van der Waals surface area contributed by atoms with Gasteiger partial charge in [-0.1, -0.05) is 0 Å². The zero-order valence-electron chi connectivity index (χ0n) is 13.6. The van der Waals surface area contributed by atoms with Gasteiger partial charge in [0, 0.05) is 17.0 Å². The molecule has 1 aromatic carbocycles. The van der Waals surface area contributed by atoms with Crippen LogP contribution in [0.25, 0.3) is 10.2 Å². The molecule has 8 nitrogen and oxygen atoms in total.